The van der Waals surface area contributed by atoms with E-state index >= 15 is 0 Å². The number of hydrogen-bond acceptors (Lipinski definition) is 6. The van der Waals surface area contributed by atoms with Crippen molar-refractivity contribution in [3.8, 4) is 5.82 Å². The second-order valence-electron chi connectivity index (χ2n) is 5.92. The average molecular weight is 318 g/mol. The van der Waals surface area contributed by atoms with Gasteiger partial charge in [-0.15, -0.1) is 0 Å². The van der Waals surface area contributed by atoms with E-state index < -0.39 is 11.7 Å². The highest BCUT2D eigenvalue weighted by Gasteiger charge is 2.15. The number of aromatic nitrogens is 4. The topological polar surface area (TPSA) is 94.0 Å². The number of carbonyl (C=O) groups is 1. The van der Waals surface area contributed by atoms with Crippen LogP contribution >= 0.6 is 0 Å². The van der Waals surface area contributed by atoms with Crippen LogP contribution in [0.2, 0.25) is 0 Å². The van der Waals surface area contributed by atoms with Crippen LogP contribution < -0.4 is 10.6 Å². The Hall–Kier alpha value is -2.64. The fourth-order valence-corrected chi connectivity index (χ4v) is 1.85. The van der Waals surface area contributed by atoms with Crippen LogP contribution in [0.15, 0.2) is 31.0 Å². The molecule has 23 heavy (non-hydrogen) atoms. The number of anilines is 1. The van der Waals surface area contributed by atoms with Crippen LogP contribution in [0.1, 0.15) is 27.2 Å². The van der Waals surface area contributed by atoms with E-state index in [0.29, 0.717) is 18.9 Å². The van der Waals surface area contributed by atoms with Gasteiger partial charge in [0.1, 0.15) is 18.3 Å². The van der Waals surface area contributed by atoms with Crippen molar-refractivity contribution < 1.29 is 9.53 Å². The Bertz CT molecular complexity index is 621. The molecule has 8 nitrogen and oxygen atoms in total. The molecule has 8 heteroatoms. The molecule has 0 radical (unpaired) electrons. The van der Waals surface area contributed by atoms with Crippen LogP contribution in [0.25, 0.3) is 5.82 Å². The van der Waals surface area contributed by atoms with E-state index in [9.17, 15) is 4.79 Å². The summed E-state index contributed by atoms with van der Waals surface area (Å²) in [5.74, 6) is 0.685. The molecule has 0 saturated heterocycles. The van der Waals surface area contributed by atoms with Crippen molar-refractivity contribution in [2.75, 3.05) is 18.4 Å². The Kier molecular flexibility index (Phi) is 5.51. The van der Waals surface area contributed by atoms with Gasteiger partial charge in [0.2, 0.25) is 0 Å². The van der Waals surface area contributed by atoms with Gasteiger partial charge in [0.15, 0.2) is 5.82 Å². The molecule has 2 aromatic rings. The number of ether oxygens (including phenoxy) is 1. The Morgan fingerprint density at radius 3 is 2.87 bits per heavy atom. The first-order valence-electron chi connectivity index (χ1n) is 7.46. The summed E-state index contributed by atoms with van der Waals surface area (Å²) in [7, 11) is 0. The molecule has 2 rings (SSSR count). The minimum atomic E-state index is -0.481. The molecule has 2 heterocycles. The van der Waals surface area contributed by atoms with Crippen molar-refractivity contribution in [2.45, 2.75) is 32.8 Å². The third-order valence-corrected chi connectivity index (χ3v) is 2.76. The number of nitrogens with zero attached hydrogens (tertiary/aromatic N) is 4. The van der Waals surface area contributed by atoms with Crippen LogP contribution in [0, 0.1) is 0 Å². The lowest BCUT2D eigenvalue weighted by Crippen LogP contribution is -2.33. The Morgan fingerprint density at radius 2 is 2.17 bits per heavy atom. The van der Waals surface area contributed by atoms with Crippen LogP contribution in [0.4, 0.5) is 10.5 Å². The maximum absolute atomic E-state index is 11.5. The van der Waals surface area contributed by atoms with Crippen molar-refractivity contribution in [1.29, 1.82) is 0 Å². The van der Waals surface area contributed by atoms with E-state index in [1.54, 1.807) is 17.2 Å². The summed E-state index contributed by atoms with van der Waals surface area (Å²) in [6.45, 7) is 6.72. The Morgan fingerprint density at radius 1 is 1.35 bits per heavy atom. The molecule has 0 bridgehead atoms. The van der Waals surface area contributed by atoms with Gasteiger partial charge >= 0.3 is 6.09 Å². The molecule has 0 aromatic carbocycles. The molecule has 0 aliphatic heterocycles. The highest BCUT2D eigenvalue weighted by molar-refractivity contribution is 5.67. The predicted octanol–water partition coefficient (Wildman–Crippen LogP) is 1.99. The summed E-state index contributed by atoms with van der Waals surface area (Å²) < 4.78 is 6.77. The van der Waals surface area contributed by atoms with Crippen molar-refractivity contribution in [1.82, 2.24) is 25.1 Å². The minimum absolute atomic E-state index is 0.401. The van der Waals surface area contributed by atoms with Crippen molar-refractivity contribution >= 4 is 11.8 Å². The van der Waals surface area contributed by atoms with E-state index in [2.05, 4.69) is 25.7 Å². The molecule has 0 unspecified atom stereocenters. The first-order valence-corrected chi connectivity index (χ1v) is 7.46. The third kappa shape index (κ3) is 5.57. The third-order valence-electron chi connectivity index (χ3n) is 2.76. The van der Waals surface area contributed by atoms with Crippen LogP contribution in [0.5, 0.6) is 0 Å². The molecule has 2 N–H and O–H groups in total. The molecule has 124 valence electrons. The normalized spacial score (nSPS) is 11.1. The SMILES string of the molecule is CC(C)(C)OC(=O)NCCCNc1cccnc1-n1cncn1. The summed E-state index contributed by atoms with van der Waals surface area (Å²) in [4.78, 5) is 19.7. The van der Waals surface area contributed by atoms with Gasteiger partial charge in [-0.25, -0.2) is 19.4 Å². The van der Waals surface area contributed by atoms with E-state index in [0.717, 1.165) is 12.1 Å². The number of hydrogen-bond donors (Lipinski definition) is 2. The molecule has 0 fully saturated rings. The first-order chi connectivity index (χ1) is 11.0. The van der Waals surface area contributed by atoms with Crippen LogP contribution in [-0.2, 0) is 4.74 Å². The highest BCUT2D eigenvalue weighted by atomic mass is 16.6. The Balaban J connectivity index is 1.76. The van der Waals surface area contributed by atoms with E-state index in [4.69, 9.17) is 4.74 Å². The van der Waals surface area contributed by atoms with Gasteiger partial charge in [0.25, 0.3) is 0 Å². The molecule has 0 aliphatic rings. The molecular formula is C15H22N6O2. The molecule has 0 atom stereocenters. The van der Waals surface area contributed by atoms with Gasteiger partial charge in [-0.2, -0.15) is 5.10 Å². The smallest absolute Gasteiger partial charge is 0.407 e. The monoisotopic (exact) mass is 318 g/mol. The van der Waals surface area contributed by atoms with Gasteiger partial charge in [0, 0.05) is 19.3 Å². The Labute approximate surface area is 135 Å². The maximum atomic E-state index is 11.5. The van der Waals surface area contributed by atoms with Crippen LogP contribution in [-0.4, -0.2) is 44.5 Å². The quantitative estimate of drug-likeness (QED) is 0.791. The number of nitrogens with one attached hydrogen (secondary N) is 2. The molecule has 2 aromatic heterocycles. The fraction of sp³-hybridized carbons (Fsp3) is 0.467. The van der Waals surface area contributed by atoms with E-state index in [1.165, 1.54) is 6.33 Å². The largest absolute Gasteiger partial charge is 0.444 e. The number of rotatable bonds is 6. The van der Waals surface area contributed by atoms with E-state index in [-0.39, 0.29) is 0 Å². The second kappa shape index (κ2) is 7.57. The lowest BCUT2D eigenvalue weighted by Gasteiger charge is -2.19. The number of pyridine rings is 1. The second-order valence-corrected chi connectivity index (χ2v) is 5.92. The summed E-state index contributed by atoms with van der Waals surface area (Å²) in [6, 6.07) is 3.77. The van der Waals surface area contributed by atoms with Crippen molar-refractivity contribution in [3.05, 3.63) is 31.0 Å². The van der Waals surface area contributed by atoms with Crippen LogP contribution in [0.3, 0.4) is 0 Å². The van der Waals surface area contributed by atoms with E-state index in [1.807, 2.05) is 32.9 Å². The zero-order chi connectivity index (χ0) is 16.7. The molecular weight excluding hydrogens is 296 g/mol. The number of carbonyl (C=O) groups excluding carboxylic acids is 1. The summed E-state index contributed by atoms with van der Waals surface area (Å²) >= 11 is 0. The highest BCUT2D eigenvalue weighted by Crippen LogP contribution is 2.15. The summed E-state index contributed by atoms with van der Waals surface area (Å²) in [5, 5.41) is 10.1. The van der Waals surface area contributed by atoms with Gasteiger partial charge in [0.05, 0.1) is 5.69 Å². The lowest BCUT2D eigenvalue weighted by molar-refractivity contribution is 0.0528. The number of amides is 1. The molecule has 0 spiro atoms. The molecule has 0 aliphatic carbocycles. The molecule has 0 saturated carbocycles. The minimum Gasteiger partial charge on any atom is -0.444 e. The van der Waals surface area contributed by atoms with Gasteiger partial charge in [-0.1, -0.05) is 0 Å². The predicted molar refractivity (Wildman–Crippen MR) is 86.5 cm³/mol. The van der Waals surface area contributed by atoms with Gasteiger partial charge in [-0.05, 0) is 39.3 Å². The van der Waals surface area contributed by atoms with Crippen molar-refractivity contribution in [3.63, 3.8) is 0 Å². The number of alkyl carbamates (subject to hydrolysis) is 1. The average Bonchev–Trinajstić information content (AvgIpc) is 2.99. The molecule has 1 amide bonds. The first kappa shape index (κ1) is 16.7. The zero-order valence-electron chi connectivity index (χ0n) is 13.6. The zero-order valence-corrected chi connectivity index (χ0v) is 13.6. The van der Waals surface area contributed by atoms with Gasteiger partial charge < -0.3 is 15.4 Å². The van der Waals surface area contributed by atoms with Gasteiger partial charge in [-0.3, -0.25) is 0 Å². The summed E-state index contributed by atoms with van der Waals surface area (Å²) in [6.07, 6.45) is 5.11. The summed E-state index contributed by atoms with van der Waals surface area (Å²) in [5.41, 5.74) is 0.375. The lowest BCUT2D eigenvalue weighted by atomic mass is 10.2. The van der Waals surface area contributed by atoms with Crippen molar-refractivity contribution in [2.24, 2.45) is 0 Å². The standard InChI is InChI=1S/C15H22N6O2/c1-15(2,3)23-14(22)19-9-5-8-17-12-6-4-7-18-13(12)21-11-16-10-20-21/h4,6-7,10-11,17H,5,8-9H2,1-3H3,(H,19,22). The fourth-order valence-electron chi connectivity index (χ4n) is 1.85. The maximum Gasteiger partial charge on any atom is 0.407 e.